The first kappa shape index (κ1) is 12.9. The monoisotopic (exact) mass is 262 g/mol. The third kappa shape index (κ3) is 3.04. The molecule has 0 aliphatic heterocycles. The molecule has 2 aromatic rings. The molecule has 1 aromatic heterocycles. The Morgan fingerprint density at radius 1 is 1.47 bits per heavy atom. The van der Waals surface area contributed by atoms with E-state index in [0.29, 0.717) is 11.3 Å². The SMILES string of the molecule is Cc1cc(F)ccc1OCc1ncncc1C(=O)O. The van der Waals surface area contributed by atoms with Crippen LogP contribution in [0.15, 0.2) is 30.7 Å². The first-order valence-corrected chi connectivity index (χ1v) is 5.49. The first-order valence-electron chi connectivity index (χ1n) is 5.49. The maximum Gasteiger partial charge on any atom is 0.339 e. The lowest BCUT2D eigenvalue weighted by Crippen LogP contribution is -2.09. The Morgan fingerprint density at radius 3 is 2.95 bits per heavy atom. The van der Waals surface area contributed by atoms with Crippen molar-refractivity contribution in [2.75, 3.05) is 0 Å². The minimum Gasteiger partial charge on any atom is -0.487 e. The lowest BCUT2D eigenvalue weighted by atomic mass is 10.2. The van der Waals surface area contributed by atoms with Crippen LogP contribution in [0, 0.1) is 12.7 Å². The van der Waals surface area contributed by atoms with Crippen LogP contribution < -0.4 is 4.74 Å². The molecule has 0 aliphatic rings. The molecule has 0 amide bonds. The fourth-order valence-corrected chi connectivity index (χ4v) is 1.57. The zero-order chi connectivity index (χ0) is 13.8. The molecule has 6 heteroatoms. The van der Waals surface area contributed by atoms with Crippen LogP contribution in [0.2, 0.25) is 0 Å². The fourth-order valence-electron chi connectivity index (χ4n) is 1.57. The van der Waals surface area contributed by atoms with Gasteiger partial charge in [-0.1, -0.05) is 0 Å². The Kier molecular flexibility index (Phi) is 3.70. The van der Waals surface area contributed by atoms with Crippen LogP contribution in [0.25, 0.3) is 0 Å². The minimum atomic E-state index is -1.12. The average molecular weight is 262 g/mol. The second-order valence-electron chi connectivity index (χ2n) is 3.89. The summed E-state index contributed by atoms with van der Waals surface area (Å²) in [6.45, 7) is 1.69. The van der Waals surface area contributed by atoms with E-state index < -0.39 is 5.97 Å². The number of aromatic nitrogens is 2. The maximum absolute atomic E-state index is 12.9. The summed E-state index contributed by atoms with van der Waals surface area (Å²) in [5.41, 5.74) is 0.888. The molecule has 0 radical (unpaired) electrons. The Labute approximate surface area is 108 Å². The van der Waals surface area contributed by atoms with Crippen molar-refractivity contribution in [2.24, 2.45) is 0 Å². The number of aryl methyl sites for hydroxylation is 1. The van der Waals surface area contributed by atoms with Crippen molar-refractivity contribution in [3.8, 4) is 5.75 Å². The molecule has 19 heavy (non-hydrogen) atoms. The van der Waals surface area contributed by atoms with Gasteiger partial charge in [-0.2, -0.15) is 0 Å². The van der Waals surface area contributed by atoms with Gasteiger partial charge < -0.3 is 9.84 Å². The van der Waals surface area contributed by atoms with Crippen molar-refractivity contribution in [1.82, 2.24) is 9.97 Å². The van der Waals surface area contributed by atoms with E-state index in [2.05, 4.69) is 9.97 Å². The van der Waals surface area contributed by atoms with Gasteiger partial charge >= 0.3 is 5.97 Å². The number of carboxylic acid groups (broad SMARTS) is 1. The van der Waals surface area contributed by atoms with E-state index in [9.17, 15) is 9.18 Å². The molecule has 0 aliphatic carbocycles. The molecule has 0 fully saturated rings. The number of hydrogen-bond donors (Lipinski definition) is 1. The van der Waals surface area contributed by atoms with Gasteiger partial charge in [0.05, 0.1) is 5.69 Å². The van der Waals surface area contributed by atoms with Crippen LogP contribution in [-0.4, -0.2) is 21.0 Å². The average Bonchev–Trinajstić information content (AvgIpc) is 2.38. The zero-order valence-corrected chi connectivity index (χ0v) is 10.1. The van der Waals surface area contributed by atoms with Gasteiger partial charge in [0.15, 0.2) is 0 Å². The van der Waals surface area contributed by atoms with Gasteiger partial charge in [0.1, 0.15) is 30.1 Å². The van der Waals surface area contributed by atoms with Gasteiger partial charge in [-0.25, -0.2) is 19.2 Å². The van der Waals surface area contributed by atoms with Crippen molar-refractivity contribution < 1.29 is 19.0 Å². The van der Waals surface area contributed by atoms with Gasteiger partial charge in [-0.15, -0.1) is 0 Å². The number of carbonyl (C=O) groups is 1. The summed E-state index contributed by atoms with van der Waals surface area (Å²) in [6, 6.07) is 4.11. The summed E-state index contributed by atoms with van der Waals surface area (Å²) in [4.78, 5) is 18.5. The molecule has 1 N–H and O–H groups in total. The predicted octanol–water partition coefficient (Wildman–Crippen LogP) is 2.20. The molecule has 0 saturated heterocycles. The van der Waals surface area contributed by atoms with Gasteiger partial charge in [0.2, 0.25) is 0 Å². The highest BCUT2D eigenvalue weighted by Crippen LogP contribution is 2.19. The van der Waals surface area contributed by atoms with E-state index in [-0.39, 0.29) is 23.7 Å². The van der Waals surface area contributed by atoms with E-state index in [1.54, 1.807) is 6.92 Å². The second kappa shape index (κ2) is 5.43. The maximum atomic E-state index is 12.9. The third-order valence-corrected chi connectivity index (χ3v) is 2.53. The molecular weight excluding hydrogens is 251 g/mol. The smallest absolute Gasteiger partial charge is 0.339 e. The van der Waals surface area contributed by atoms with Gasteiger partial charge in [0.25, 0.3) is 0 Å². The van der Waals surface area contributed by atoms with Crippen LogP contribution in [0.5, 0.6) is 5.75 Å². The molecule has 2 rings (SSSR count). The lowest BCUT2D eigenvalue weighted by molar-refractivity contribution is 0.0692. The van der Waals surface area contributed by atoms with E-state index in [1.165, 1.54) is 30.7 Å². The molecule has 1 aromatic carbocycles. The summed E-state index contributed by atoms with van der Waals surface area (Å²) in [6.07, 6.45) is 2.47. The Hall–Kier alpha value is -2.50. The summed E-state index contributed by atoms with van der Waals surface area (Å²) >= 11 is 0. The number of carboxylic acids is 1. The molecule has 1 heterocycles. The topological polar surface area (TPSA) is 72.3 Å². The van der Waals surface area contributed by atoms with Crippen LogP contribution in [0.4, 0.5) is 4.39 Å². The van der Waals surface area contributed by atoms with Gasteiger partial charge in [0, 0.05) is 6.20 Å². The van der Waals surface area contributed by atoms with Gasteiger partial charge in [-0.05, 0) is 30.7 Å². The Balaban J connectivity index is 2.17. The summed E-state index contributed by atoms with van der Waals surface area (Å²) in [5.74, 6) is -0.982. The summed E-state index contributed by atoms with van der Waals surface area (Å²) in [7, 11) is 0. The van der Waals surface area contributed by atoms with E-state index in [4.69, 9.17) is 9.84 Å². The minimum absolute atomic E-state index is 0.0118. The van der Waals surface area contributed by atoms with E-state index in [0.717, 1.165) is 0 Å². The zero-order valence-electron chi connectivity index (χ0n) is 10.1. The Morgan fingerprint density at radius 2 is 2.26 bits per heavy atom. The molecule has 0 bridgehead atoms. The van der Waals surface area contributed by atoms with E-state index >= 15 is 0 Å². The number of halogens is 1. The number of aromatic carboxylic acids is 1. The molecule has 5 nitrogen and oxygen atoms in total. The van der Waals surface area contributed by atoms with Crippen LogP contribution >= 0.6 is 0 Å². The van der Waals surface area contributed by atoms with Gasteiger partial charge in [-0.3, -0.25) is 0 Å². The molecular formula is C13H11FN2O3. The quantitative estimate of drug-likeness (QED) is 0.914. The highest BCUT2D eigenvalue weighted by molar-refractivity contribution is 5.88. The van der Waals surface area contributed by atoms with Crippen LogP contribution in [-0.2, 0) is 6.61 Å². The van der Waals surface area contributed by atoms with Crippen LogP contribution in [0.1, 0.15) is 21.6 Å². The first-order chi connectivity index (χ1) is 9.08. The Bertz CT molecular complexity index is 617. The molecule has 0 saturated carbocycles. The predicted molar refractivity (Wildman–Crippen MR) is 64.5 cm³/mol. The highest BCUT2D eigenvalue weighted by Gasteiger charge is 2.12. The largest absolute Gasteiger partial charge is 0.487 e. The van der Waals surface area contributed by atoms with E-state index in [1.807, 2.05) is 0 Å². The highest BCUT2D eigenvalue weighted by atomic mass is 19.1. The van der Waals surface area contributed by atoms with Crippen molar-refractivity contribution >= 4 is 5.97 Å². The summed E-state index contributed by atoms with van der Waals surface area (Å²) < 4.78 is 18.4. The number of benzene rings is 1. The summed E-state index contributed by atoms with van der Waals surface area (Å²) in [5, 5.41) is 8.97. The molecule has 0 unspecified atom stereocenters. The van der Waals surface area contributed by atoms with Crippen LogP contribution in [0.3, 0.4) is 0 Å². The lowest BCUT2D eigenvalue weighted by Gasteiger charge is -2.09. The number of rotatable bonds is 4. The normalized spacial score (nSPS) is 10.2. The third-order valence-electron chi connectivity index (χ3n) is 2.53. The molecule has 98 valence electrons. The van der Waals surface area contributed by atoms with Crippen molar-refractivity contribution in [1.29, 1.82) is 0 Å². The van der Waals surface area contributed by atoms with Crippen molar-refractivity contribution in [3.05, 3.63) is 53.4 Å². The molecule has 0 atom stereocenters. The van der Waals surface area contributed by atoms with Crippen molar-refractivity contribution in [3.63, 3.8) is 0 Å². The molecule has 0 spiro atoms. The number of ether oxygens (including phenoxy) is 1. The number of nitrogens with zero attached hydrogens (tertiary/aromatic N) is 2. The standard InChI is InChI=1S/C13H11FN2O3/c1-8-4-9(14)2-3-12(8)19-6-11-10(13(17)18)5-15-7-16-11/h2-5,7H,6H2,1H3,(H,17,18). The fraction of sp³-hybridized carbons (Fsp3) is 0.154. The second-order valence-corrected chi connectivity index (χ2v) is 3.89. The van der Waals surface area contributed by atoms with Crippen molar-refractivity contribution in [2.45, 2.75) is 13.5 Å². The number of hydrogen-bond acceptors (Lipinski definition) is 4.